The molecule has 1 aliphatic rings. The van der Waals surface area contributed by atoms with E-state index >= 15 is 0 Å². The van der Waals surface area contributed by atoms with Crippen LogP contribution in [0, 0.1) is 0 Å². The normalized spacial score (nSPS) is 41.7. The fourth-order valence-electron chi connectivity index (χ4n) is 1.19. The van der Waals surface area contributed by atoms with Gasteiger partial charge in [0.15, 0.2) is 0 Å². The van der Waals surface area contributed by atoms with Gasteiger partial charge in [0.25, 0.3) is 0 Å². The van der Waals surface area contributed by atoms with E-state index in [0.717, 1.165) is 19.3 Å². The molecule has 4 heteroatoms. The number of rotatable bonds is 1. The lowest BCUT2D eigenvalue weighted by Crippen LogP contribution is -2.43. The van der Waals surface area contributed by atoms with E-state index in [-0.39, 0.29) is 4.83 Å². The fourth-order valence-corrected chi connectivity index (χ4v) is 1.82. The Balaban J connectivity index is 2.54. The zero-order valence-corrected chi connectivity index (χ0v) is 7.17. The van der Waals surface area contributed by atoms with Crippen LogP contribution in [0.5, 0.6) is 0 Å². The zero-order chi connectivity index (χ0) is 7.61. The van der Waals surface area contributed by atoms with Crippen molar-refractivity contribution in [3.63, 3.8) is 0 Å². The molecule has 2 atom stereocenters. The average Bonchev–Trinajstić information content (AvgIpc) is 1.96. The molecule has 0 aromatic rings. The highest BCUT2D eigenvalue weighted by Crippen LogP contribution is 2.33. The van der Waals surface area contributed by atoms with Gasteiger partial charge < -0.3 is 5.11 Å². The summed E-state index contributed by atoms with van der Waals surface area (Å²) in [5.74, 6) is -1.35. The summed E-state index contributed by atoms with van der Waals surface area (Å²) in [6.07, 6.45) is 3.32. The lowest BCUT2D eigenvalue weighted by Gasteiger charge is -2.32. The van der Waals surface area contributed by atoms with Crippen LogP contribution in [-0.2, 0) is 4.89 Å². The van der Waals surface area contributed by atoms with Gasteiger partial charge in [0.2, 0.25) is 5.79 Å². The largest absolute Gasteiger partial charge is 0.362 e. The lowest BCUT2D eigenvalue weighted by atomic mass is 9.94. The Morgan fingerprint density at radius 3 is 2.60 bits per heavy atom. The molecule has 0 bridgehead atoms. The van der Waals surface area contributed by atoms with Crippen molar-refractivity contribution in [2.24, 2.45) is 0 Å². The highest BCUT2D eigenvalue weighted by atomic mass is 79.9. The van der Waals surface area contributed by atoms with Crippen molar-refractivity contribution in [3.8, 4) is 0 Å². The Kier molecular flexibility index (Phi) is 2.68. The van der Waals surface area contributed by atoms with Crippen molar-refractivity contribution in [2.75, 3.05) is 0 Å². The van der Waals surface area contributed by atoms with Gasteiger partial charge in [-0.15, -0.1) is 0 Å². The molecule has 10 heavy (non-hydrogen) atoms. The summed E-state index contributed by atoms with van der Waals surface area (Å²) in [6.45, 7) is 0. The van der Waals surface area contributed by atoms with E-state index in [1.807, 2.05) is 0 Å². The van der Waals surface area contributed by atoms with Crippen LogP contribution in [0.15, 0.2) is 0 Å². The molecule has 1 fully saturated rings. The second kappa shape index (κ2) is 3.17. The van der Waals surface area contributed by atoms with Gasteiger partial charge in [-0.3, -0.25) is 0 Å². The van der Waals surface area contributed by atoms with Crippen molar-refractivity contribution < 1.29 is 15.3 Å². The second-order valence-corrected chi connectivity index (χ2v) is 3.75. The van der Waals surface area contributed by atoms with Crippen LogP contribution in [0.4, 0.5) is 0 Å². The van der Waals surface area contributed by atoms with Gasteiger partial charge in [0, 0.05) is 6.42 Å². The van der Waals surface area contributed by atoms with Crippen molar-refractivity contribution in [1.82, 2.24) is 0 Å². The molecule has 1 rings (SSSR count). The quantitative estimate of drug-likeness (QED) is 0.299. The number of alkyl halides is 1. The molecule has 1 aliphatic carbocycles. The first-order valence-electron chi connectivity index (χ1n) is 3.38. The Hall–Kier alpha value is 0.360. The summed E-state index contributed by atoms with van der Waals surface area (Å²) < 4.78 is 0. The topological polar surface area (TPSA) is 49.7 Å². The average molecular weight is 211 g/mol. The van der Waals surface area contributed by atoms with Crippen molar-refractivity contribution in [1.29, 1.82) is 0 Å². The maximum absolute atomic E-state index is 9.43. The molecule has 0 amide bonds. The molecule has 2 N–H and O–H groups in total. The smallest absolute Gasteiger partial charge is 0.211 e. The summed E-state index contributed by atoms with van der Waals surface area (Å²) in [6, 6.07) is 0. The Morgan fingerprint density at radius 2 is 2.20 bits per heavy atom. The van der Waals surface area contributed by atoms with Gasteiger partial charge in [-0.25, -0.2) is 10.1 Å². The molecule has 3 nitrogen and oxygen atoms in total. The molecule has 0 spiro atoms. The third-order valence-electron chi connectivity index (χ3n) is 1.89. The highest BCUT2D eigenvalue weighted by Gasteiger charge is 2.38. The molecular weight excluding hydrogens is 200 g/mol. The summed E-state index contributed by atoms with van der Waals surface area (Å²) in [4.78, 5) is 3.86. The maximum atomic E-state index is 9.43. The van der Waals surface area contributed by atoms with Gasteiger partial charge in [0.05, 0.1) is 4.83 Å². The van der Waals surface area contributed by atoms with Gasteiger partial charge >= 0.3 is 0 Å². The Bertz CT molecular complexity index is 120. The van der Waals surface area contributed by atoms with E-state index < -0.39 is 5.79 Å². The monoisotopic (exact) mass is 210 g/mol. The number of hydrogen-bond donors (Lipinski definition) is 2. The molecule has 0 saturated heterocycles. The third kappa shape index (κ3) is 1.50. The van der Waals surface area contributed by atoms with Crippen LogP contribution in [-0.4, -0.2) is 21.0 Å². The fraction of sp³-hybridized carbons (Fsp3) is 1.00. The first-order chi connectivity index (χ1) is 4.69. The van der Waals surface area contributed by atoms with Crippen LogP contribution < -0.4 is 0 Å². The predicted octanol–water partition coefficient (Wildman–Crippen LogP) is 1.50. The molecule has 0 unspecified atom stereocenters. The van der Waals surface area contributed by atoms with E-state index in [0.29, 0.717) is 6.42 Å². The van der Waals surface area contributed by atoms with E-state index in [1.165, 1.54) is 0 Å². The van der Waals surface area contributed by atoms with Crippen LogP contribution in [0.2, 0.25) is 0 Å². The minimum atomic E-state index is -1.35. The van der Waals surface area contributed by atoms with E-state index in [2.05, 4.69) is 20.8 Å². The number of hydrogen-bond acceptors (Lipinski definition) is 3. The van der Waals surface area contributed by atoms with Crippen molar-refractivity contribution >= 4 is 15.9 Å². The Labute approximate surface area is 68.1 Å². The van der Waals surface area contributed by atoms with Gasteiger partial charge in [-0.05, 0) is 12.8 Å². The number of halogens is 1. The van der Waals surface area contributed by atoms with E-state index in [9.17, 15) is 5.11 Å². The van der Waals surface area contributed by atoms with E-state index in [1.54, 1.807) is 0 Å². The zero-order valence-electron chi connectivity index (χ0n) is 5.59. The van der Waals surface area contributed by atoms with Crippen molar-refractivity contribution in [3.05, 3.63) is 0 Å². The molecular formula is C6H11BrO3. The van der Waals surface area contributed by atoms with Gasteiger partial charge in [-0.1, -0.05) is 22.4 Å². The minimum Gasteiger partial charge on any atom is -0.362 e. The molecule has 0 aliphatic heterocycles. The Morgan fingerprint density at radius 1 is 1.50 bits per heavy atom. The van der Waals surface area contributed by atoms with Crippen LogP contribution >= 0.6 is 15.9 Å². The standard InChI is InChI=1S/C6H11BrO3/c7-5-3-1-2-4-6(5,8)10-9/h5,8-9H,1-4H2/t5-,6+/m0/s1. The third-order valence-corrected chi connectivity index (χ3v) is 3.06. The second-order valence-electron chi connectivity index (χ2n) is 2.65. The molecule has 0 aromatic heterocycles. The van der Waals surface area contributed by atoms with Gasteiger partial charge in [0.1, 0.15) is 0 Å². The first kappa shape index (κ1) is 8.46. The number of aliphatic hydroxyl groups is 1. The summed E-state index contributed by atoms with van der Waals surface area (Å²) in [5, 5.41) is 17.8. The van der Waals surface area contributed by atoms with Crippen LogP contribution in [0.1, 0.15) is 25.7 Å². The molecule has 0 heterocycles. The summed E-state index contributed by atoms with van der Waals surface area (Å²) >= 11 is 3.24. The van der Waals surface area contributed by atoms with Crippen LogP contribution in [0.25, 0.3) is 0 Å². The highest BCUT2D eigenvalue weighted by molar-refractivity contribution is 9.09. The molecule has 1 saturated carbocycles. The molecule has 60 valence electrons. The van der Waals surface area contributed by atoms with Crippen molar-refractivity contribution in [2.45, 2.75) is 36.3 Å². The van der Waals surface area contributed by atoms with Gasteiger partial charge in [-0.2, -0.15) is 0 Å². The molecule has 0 radical (unpaired) electrons. The maximum Gasteiger partial charge on any atom is 0.211 e. The minimum absolute atomic E-state index is 0.140. The first-order valence-corrected chi connectivity index (χ1v) is 4.29. The summed E-state index contributed by atoms with van der Waals surface area (Å²) in [7, 11) is 0. The predicted molar refractivity (Wildman–Crippen MR) is 39.8 cm³/mol. The van der Waals surface area contributed by atoms with Crippen LogP contribution in [0.3, 0.4) is 0 Å². The SMILES string of the molecule is OO[C@]1(O)CCCC[C@@H]1Br. The van der Waals surface area contributed by atoms with E-state index in [4.69, 9.17) is 5.26 Å². The molecule has 0 aromatic carbocycles. The lowest BCUT2D eigenvalue weighted by molar-refractivity contribution is -0.396. The summed E-state index contributed by atoms with van der Waals surface area (Å²) in [5.41, 5.74) is 0.